The first-order valence-electron chi connectivity index (χ1n) is 9.66. The molecule has 1 aliphatic heterocycles. The monoisotopic (exact) mass is 406 g/mol. The molecule has 0 aromatic heterocycles. The lowest BCUT2D eigenvalue weighted by atomic mass is 9.98. The fourth-order valence-corrected chi connectivity index (χ4v) is 3.89. The van der Waals surface area contributed by atoms with Gasteiger partial charge in [0.15, 0.2) is 0 Å². The molecule has 1 atom stereocenters. The molecule has 6 heteroatoms. The van der Waals surface area contributed by atoms with Crippen molar-refractivity contribution >= 4 is 23.2 Å². The van der Waals surface area contributed by atoms with Crippen LogP contribution in [0.15, 0.2) is 36.4 Å². The molecule has 0 N–H and O–H groups in total. The second-order valence-electron chi connectivity index (χ2n) is 7.36. The molecule has 0 aliphatic carbocycles. The number of anilines is 1. The SMILES string of the molecule is CCCCN(C)CCC1CN(C(=O)c2c(F)cccc2F)c2ccc(Cl)cc21. The quantitative estimate of drug-likeness (QED) is 0.607. The fraction of sp³-hybridized carbons (Fsp3) is 0.409. The standard InChI is InChI=1S/C22H25ClF2N2O/c1-3-4-11-26(2)12-10-15-14-27(20-9-8-16(23)13-17(15)20)22(28)21-18(24)6-5-7-19(21)25/h5-9,13,15H,3-4,10-12,14H2,1-2H3. The van der Waals surface area contributed by atoms with Crippen LogP contribution in [0.1, 0.15) is 48.0 Å². The summed E-state index contributed by atoms with van der Waals surface area (Å²) in [6.45, 7) is 4.46. The van der Waals surface area contributed by atoms with E-state index < -0.39 is 23.1 Å². The van der Waals surface area contributed by atoms with Gasteiger partial charge < -0.3 is 9.80 Å². The summed E-state index contributed by atoms with van der Waals surface area (Å²) in [5, 5.41) is 0.592. The minimum Gasteiger partial charge on any atom is -0.307 e. The van der Waals surface area contributed by atoms with E-state index in [-0.39, 0.29) is 5.92 Å². The second kappa shape index (κ2) is 9.01. The lowest BCUT2D eigenvalue weighted by Crippen LogP contribution is -2.32. The summed E-state index contributed by atoms with van der Waals surface area (Å²) in [6.07, 6.45) is 3.13. The normalized spacial score (nSPS) is 15.9. The van der Waals surface area contributed by atoms with Gasteiger partial charge in [-0.3, -0.25) is 4.79 Å². The molecule has 3 rings (SSSR count). The molecule has 28 heavy (non-hydrogen) atoms. The van der Waals surface area contributed by atoms with E-state index >= 15 is 0 Å². The maximum atomic E-state index is 14.1. The molecule has 1 unspecified atom stereocenters. The molecule has 3 nitrogen and oxygen atoms in total. The van der Waals surface area contributed by atoms with E-state index in [0.717, 1.165) is 50.0 Å². The Balaban J connectivity index is 1.84. The predicted molar refractivity (Wildman–Crippen MR) is 109 cm³/mol. The number of nitrogens with zero attached hydrogens (tertiary/aromatic N) is 2. The Bertz CT molecular complexity index is 838. The Morgan fingerprint density at radius 2 is 1.93 bits per heavy atom. The Morgan fingerprint density at radius 1 is 1.21 bits per heavy atom. The molecule has 0 saturated heterocycles. The molecular formula is C22H25ClF2N2O. The fourth-order valence-electron chi connectivity index (χ4n) is 3.71. The van der Waals surface area contributed by atoms with Gasteiger partial charge in [0.05, 0.1) is 0 Å². The van der Waals surface area contributed by atoms with Crippen LogP contribution in [0.2, 0.25) is 5.02 Å². The number of carbonyl (C=O) groups is 1. The zero-order valence-corrected chi connectivity index (χ0v) is 17.0. The van der Waals surface area contributed by atoms with Gasteiger partial charge in [-0.1, -0.05) is 31.0 Å². The molecule has 0 fully saturated rings. The Hall–Kier alpha value is -1.98. The number of hydrogen-bond acceptors (Lipinski definition) is 2. The van der Waals surface area contributed by atoms with Crippen molar-refractivity contribution in [2.24, 2.45) is 0 Å². The molecule has 2 aromatic rings. The van der Waals surface area contributed by atoms with Crippen LogP contribution in [-0.2, 0) is 0 Å². The number of amides is 1. The molecule has 0 saturated carbocycles. The lowest BCUT2D eigenvalue weighted by Gasteiger charge is -2.20. The summed E-state index contributed by atoms with van der Waals surface area (Å²) in [7, 11) is 2.08. The average molecular weight is 407 g/mol. The van der Waals surface area contributed by atoms with Crippen molar-refractivity contribution in [2.75, 3.05) is 31.6 Å². The van der Waals surface area contributed by atoms with Crippen molar-refractivity contribution in [3.05, 3.63) is 64.2 Å². The first-order valence-corrected chi connectivity index (χ1v) is 10.0. The van der Waals surface area contributed by atoms with Crippen molar-refractivity contribution < 1.29 is 13.6 Å². The third-order valence-corrected chi connectivity index (χ3v) is 5.53. The molecule has 2 aromatic carbocycles. The predicted octanol–water partition coefficient (Wildman–Crippen LogP) is 5.48. The van der Waals surface area contributed by atoms with E-state index in [1.807, 2.05) is 6.07 Å². The van der Waals surface area contributed by atoms with Gasteiger partial charge in [0.1, 0.15) is 17.2 Å². The van der Waals surface area contributed by atoms with Crippen LogP contribution in [0.4, 0.5) is 14.5 Å². The summed E-state index contributed by atoms with van der Waals surface area (Å²) in [5.74, 6) is -2.26. The molecule has 1 heterocycles. The first-order chi connectivity index (χ1) is 13.4. The zero-order chi connectivity index (χ0) is 20.3. The summed E-state index contributed by atoms with van der Waals surface area (Å²) in [6, 6.07) is 8.79. The number of halogens is 3. The largest absolute Gasteiger partial charge is 0.307 e. The van der Waals surface area contributed by atoms with Crippen LogP contribution in [0.3, 0.4) is 0 Å². The van der Waals surface area contributed by atoms with Crippen LogP contribution in [0.5, 0.6) is 0 Å². The summed E-state index contributed by atoms with van der Waals surface area (Å²) in [4.78, 5) is 16.7. The number of carbonyl (C=O) groups excluding carboxylic acids is 1. The second-order valence-corrected chi connectivity index (χ2v) is 7.79. The van der Waals surface area contributed by atoms with E-state index in [4.69, 9.17) is 11.6 Å². The van der Waals surface area contributed by atoms with Crippen molar-refractivity contribution in [3.63, 3.8) is 0 Å². The lowest BCUT2D eigenvalue weighted by molar-refractivity contribution is 0.0979. The molecular weight excluding hydrogens is 382 g/mol. The van der Waals surface area contributed by atoms with Gasteiger partial charge in [-0.25, -0.2) is 8.78 Å². The van der Waals surface area contributed by atoms with Crippen molar-refractivity contribution in [1.29, 1.82) is 0 Å². The van der Waals surface area contributed by atoms with E-state index in [1.165, 1.54) is 11.0 Å². The first kappa shape index (κ1) is 20.7. The maximum absolute atomic E-state index is 14.1. The average Bonchev–Trinajstić information content (AvgIpc) is 3.02. The number of unbranched alkanes of at least 4 members (excludes halogenated alkanes) is 1. The molecule has 150 valence electrons. The molecule has 1 aliphatic rings. The maximum Gasteiger partial charge on any atom is 0.264 e. The third kappa shape index (κ3) is 4.36. The van der Waals surface area contributed by atoms with E-state index in [1.54, 1.807) is 12.1 Å². The van der Waals surface area contributed by atoms with E-state index in [0.29, 0.717) is 17.3 Å². The van der Waals surface area contributed by atoms with Gasteiger partial charge in [-0.2, -0.15) is 0 Å². The van der Waals surface area contributed by atoms with Gasteiger partial charge in [0.2, 0.25) is 0 Å². The smallest absolute Gasteiger partial charge is 0.264 e. The Labute approximate surface area is 169 Å². The van der Waals surface area contributed by atoms with Gasteiger partial charge in [0, 0.05) is 23.2 Å². The highest BCUT2D eigenvalue weighted by molar-refractivity contribution is 6.30. The van der Waals surface area contributed by atoms with E-state index in [9.17, 15) is 13.6 Å². The minimum absolute atomic E-state index is 0.0801. The van der Waals surface area contributed by atoms with Crippen LogP contribution in [-0.4, -0.2) is 37.5 Å². The molecule has 0 bridgehead atoms. The number of benzene rings is 2. The topological polar surface area (TPSA) is 23.6 Å². The highest BCUT2D eigenvalue weighted by Crippen LogP contribution is 2.40. The Morgan fingerprint density at radius 3 is 2.61 bits per heavy atom. The minimum atomic E-state index is -0.844. The van der Waals surface area contributed by atoms with Gasteiger partial charge in [-0.15, -0.1) is 0 Å². The van der Waals surface area contributed by atoms with Crippen LogP contribution < -0.4 is 4.90 Å². The van der Waals surface area contributed by atoms with Crippen molar-refractivity contribution in [3.8, 4) is 0 Å². The summed E-state index contributed by atoms with van der Waals surface area (Å²) in [5.41, 5.74) is 1.13. The van der Waals surface area contributed by atoms with Crippen LogP contribution >= 0.6 is 11.6 Å². The third-order valence-electron chi connectivity index (χ3n) is 5.30. The van der Waals surface area contributed by atoms with Gasteiger partial charge >= 0.3 is 0 Å². The number of rotatable bonds is 7. The van der Waals surface area contributed by atoms with E-state index in [2.05, 4.69) is 18.9 Å². The molecule has 0 spiro atoms. The zero-order valence-electron chi connectivity index (χ0n) is 16.2. The number of fused-ring (bicyclic) bond motifs is 1. The Kier molecular flexibility index (Phi) is 6.68. The van der Waals surface area contributed by atoms with Crippen molar-refractivity contribution in [2.45, 2.75) is 32.1 Å². The molecule has 1 amide bonds. The van der Waals surface area contributed by atoms with Crippen LogP contribution in [0, 0.1) is 11.6 Å². The summed E-state index contributed by atoms with van der Waals surface area (Å²) < 4.78 is 28.3. The van der Waals surface area contributed by atoms with Gasteiger partial charge in [0.25, 0.3) is 5.91 Å². The number of hydrogen-bond donors (Lipinski definition) is 0. The summed E-state index contributed by atoms with van der Waals surface area (Å²) >= 11 is 6.18. The molecule has 0 radical (unpaired) electrons. The van der Waals surface area contributed by atoms with Crippen LogP contribution in [0.25, 0.3) is 0 Å². The van der Waals surface area contributed by atoms with Crippen molar-refractivity contribution in [1.82, 2.24) is 4.90 Å². The van der Waals surface area contributed by atoms with Gasteiger partial charge in [-0.05, 0) is 68.9 Å². The highest BCUT2D eigenvalue weighted by atomic mass is 35.5. The highest BCUT2D eigenvalue weighted by Gasteiger charge is 2.35.